The number of hydrogen-bond acceptors (Lipinski definition) is 4. The van der Waals surface area contributed by atoms with E-state index in [9.17, 15) is 18.0 Å². The van der Waals surface area contributed by atoms with Gasteiger partial charge in [-0.1, -0.05) is 0 Å². The number of anilines is 1. The van der Waals surface area contributed by atoms with Crippen molar-refractivity contribution in [3.8, 4) is 6.07 Å². The van der Waals surface area contributed by atoms with E-state index in [-0.39, 0.29) is 40.0 Å². The van der Waals surface area contributed by atoms with Gasteiger partial charge in [-0.3, -0.25) is 4.79 Å². The van der Waals surface area contributed by atoms with Crippen LogP contribution in [0, 0.1) is 22.7 Å². The molecule has 152 valence electrons. The fourth-order valence-electron chi connectivity index (χ4n) is 4.50. The molecule has 1 saturated heterocycles. The van der Waals surface area contributed by atoms with E-state index in [0.29, 0.717) is 5.69 Å². The number of rotatable bonds is 4. The Morgan fingerprint density at radius 1 is 1.21 bits per heavy atom. The van der Waals surface area contributed by atoms with Gasteiger partial charge < -0.3 is 10.0 Å². The molecule has 0 aromatic heterocycles. The first kappa shape index (κ1) is 20.8. The number of carbonyl (C=O) groups is 1. The highest BCUT2D eigenvalue weighted by Gasteiger charge is 2.38. The highest BCUT2D eigenvalue weighted by molar-refractivity contribution is 8.00. The molecule has 1 heterocycles. The highest BCUT2D eigenvalue weighted by atomic mass is 32.2. The number of carboxylic acid groups (broad SMARTS) is 1. The molecule has 3 rings (SSSR count). The van der Waals surface area contributed by atoms with E-state index in [2.05, 4.69) is 4.90 Å². The van der Waals surface area contributed by atoms with Crippen molar-refractivity contribution < 1.29 is 23.1 Å². The van der Waals surface area contributed by atoms with E-state index in [4.69, 9.17) is 10.4 Å². The second kappa shape index (κ2) is 8.24. The van der Waals surface area contributed by atoms with Crippen molar-refractivity contribution in [3.63, 3.8) is 0 Å². The lowest BCUT2D eigenvalue weighted by atomic mass is 9.65. The summed E-state index contributed by atoms with van der Waals surface area (Å²) in [5.74, 6) is -0.476. The van der Waals surface area contributed by atoms with Crippen molar-refractivity contribution in [1.82, 2.24) is 0 Å². The smallest absolute Gasteiger partial charge is 0.446 e. The molecule has 1 saturated carbocycles. The maximum atomic E-state index is 12.7. The number of piperidine rings is 1. The zero-order valence-corrected chi connectivity index (χ0v) is 16.3. The minimum atomic E-state index is -4.38. The minimum Gasteiger partial charge on any atom is -0.481 e. The van der Waals surface area contributed by atoms with Crippen LogP contribution in [0.1, 0.15) is 50.5 Å². The van der Waals surface area contributed by atoms with Gasteiger partial charge in [0.25, 0.3) is 0 Å². The Kier molecular flexibility index (Phi) is 6.13. The Bertz CT molecular complexity index is 758. The predicted octanol–water partition coefficient (Wildman–Crippen LogP) is 5.42. The Morgan fingerprint density at radius 3 is 2.39 bits per heavy atom. The third-order valence-corrected chi connectivity index (χ3v) is 6.78. The van der Waals surface area contributed by atoms with Crippen LogP contribution in [0.25, 0.3) is 0 Å². The van der Waals surface area contributed by atoms with Gasteiger partial charge in [-0.25, -0.2) is 0 Å². The molecule has 1 aromatic carbocycles. The molecular formula is C20H23F3N2O2S. The minimum absolute atomic E-state index is 0.0380. The maximum Gasteiger partial charge on any atom is 0.446 e. The Balaban J connectivity index is 1.64. The van der Waals surface area contributed by atoms with Crippen LogP contribution in [0.2, 0.25) is 0 Å². The molecular weight excluding hydrogens is 389 g/mol. The SMILES string of the molecule is N#Cc1cc(SC(F)(F)F)cc(N2CCC3(CCC(CC(=O)O)CC3)CC2)c1. The van der Waals surface area contributed by atoms with E-state index in [0.717, 1.165) is 51.6 Å². The van der Waals surface area contributed by atoms with Crippen LogP contribution in [0.5, 0.6) is 0 Å². The second-order valence-electron chi connectivity index (χ2n) is 7.90. The number of thioether (sulfide) groups is 1. The van der Waals surface area contributed by atoms with Crippen molar-refractivity contribution in [2.75, 3.05) is 18.0 Å². The first-order valence-electron chi connectivity index (χ1n) is 9.46. The zero-order chi connectivity index (χ0) is 20.4. The fraction of sp³-hybridized carbons (Fsp3) is 0.600. The fourth-order valence-corrected chi connectivity index (χ4v) is 5.14. The van der Waals surface area contributed by atoms with Gasteiger partial charge >= 0.3 is 11.5 Å². The van der Waals surface area contributed by atoms with Gasteiger partial charge in [0, 0.05) is 30.1 Å². The van der Waals surface area contributed by atoms with Gasteiger partial charge in [0.2, 0.25) is 0 Å². The number of nitriles is 1. The Morgan fingerprint density at radius 2 is 1.86 bits per heavy atom. The van der Waals surface area contributed by atoms with Crippen molar-refractivity contribution in [1.29, 1.82) is 5.26 Å². The molecule has 1 aliphatic carbocycles. The van der Waals surface area contributed by atoms with Crippen LogP contribution in [0.15, 0.2) is 23.1 Å². The van der Waals surface area contributed by atoms with Crippen LogP contribution in [-0.2, 0) is 4.79 Å². The molecule has 1 N–H and O–H groups in total. The summed E-state index contributed by atoms with van der Waals surface area (Å²) in [5.41, 5.74) is -3.26. The number of nitrogens with zero attached hydrogens (tertiary/aromatic N) is 2. The van der Waals surface area contributed by atoms with E-state index < -0.39 is 11.5 Å². The maximum absolute atomic E-state index is 12.7. The van der Waals surface area contributed by atoms with Crippen LogP contribution in [0.3, 0.4) is 0 Å². The van der Waals surface area contributed by atoms with E-state index >= 15 is 0 Å². The number of hydrogen-bond donors (Lipinski definition) is 1. The third kappa shape index (κ3) is 5.34. The number of aliphatic carboxylic acids is 1. The van der Waals surface area contributed by atoms with Gasteiger partial charge in [-0.15, -0.1) is 0 Å². The molecule has 4 nitrogen and oxygen atoms in total. The lowest BCUT2D eigenvalue weighted by molar-refractivity contribution is -0.138. The lowest BCUT2D eigenvalue weighted by Gasteiger charge is -2.46. The van der Waals surface area contributed by atoms with Crippen LogP contribution >= 0.6 is 11.8 Å². The molecule has 0 amide bonds. The average molecular weight is 412 g/mol. The molecule has 28 heavy (non-hydrogen) atoms. The summed E-state index contributed by atoms with van der Waals surface area (Å²) in [6, 6.07) is 6.40. The molecule has 1 aromatic rings. The molecule has 2 aliphatic rings. The van der Waals surface area contributed by atoms with Crippen molar-refractivity contribution in [2.45, 2.75) is 55.3 Å². The second-order valence-corrected chi connectivity index (χ2v) is 9.04. The van der Waals surface area contributed by atoms with Gasteiger partial charge in [-0.2, -0.15) is 18.4 Å². The van der Waals surface area contributed by atoms with Gasteiger partial charge in [0.1, 0.15) is 0 Å². The predicted molar refractivity (Wildman–Crippen MR) is 101 cm³/mol. The standard InChI is InChI=1S/C20H23F3N2O2S/c21-20(22,23)28-17-10-15(13-24)9-16(12-17)25-7-5-19(6-8-25)3-1-14(2-4-19)11-18(26)27/h9-10,12,14H,1-8,11H2,(H,26,27). The highest BCUT2D eigenvalue weighted by Crippen LogP contribution is 2.48. The summed E-state index contributed by atoms with van der Waals surface area (Å²) in [4.78, 5) is 13.0. The Labute approximate surface area is 166 Å². The van der Waals surface area contributed by atoms with Crippen molar-refractivity contribution in [3.05, 3.63) is 23.8 Å². The van der Waals surface area contributed by atoms with E-state index in [1.54, 1.807) is 6.07 Å². The summed E-state index contributed by atoms with van der Waals surface area (Å²) in [6.07, 6.45) is 6.04. The first-order valence-corrected chi connectivity index (χ1v) is 10.3. The molecule has 8 heteroatoms. The molecule has 0 unspecified atom stereocenters. The summed E-state index contributed by atoms with van der Waals surface area (Å²) in [6.45, 7) is 1.49. The number of halogens is 3. The first-order chi connectivity index (χ1) is 13.2. The summed E-state index contributed by atoms with van der Waals surface area (Å²) in [5, 5.41) is 18.1. The largest absolute Gasteiger partial charge is 0.481 e. The normalized spacial score (nSPS) is 20.1. The average Bonchev–Trinajstić information content (AvgIpc) is 2.62. The van der Waals surface area contributed by atoms with Gasteiger partial charge in [-0.05, 0) is 79.8 Å². The van der Waals surface area contributed by atoms with E-state index in [1.807, 2.05) is 6.07 Å². The molecule has 1 spiro atoms. The summed E-state index contributed by atoms with van der Waals surface area (Å²) >= 11 is -0.191. The summed E-state index contributed by atoms with van der Waals surface area (Å²) < 4.78 is 38.2. The third-order valence-electron chi connectivity index (χ3n) is 6.07. The van der Waals surface area contributed by atoms with E-state index in [1.165, 1.54) is 12.1 Å². The van der Waals surface area contributed by atoms with Crippen LogP contribution < -0.4 is 4.90 Å². The summed E-state index contributed by atoms with van der Waals surface area (Å²) in [7, 11) is 0. The molecule has 2 fully saturated rings. The quantitative estimate of drug-likeness (QED) is 0.669. The molecule has 0 radical (unpaired) electrons. The number of benzene rings is 1. The lowest BCUT2D eigenvalue weighted by Crippen LogP contribution is -2.42. The topological polar surface area (TPSA) is 64.3 Å². The molecule has 0 bridgehead atoms. The monoisotopic (exact) mass is 412 g/mol. The molecule has 1 aliphatic heterocycles. The number of alkyl halides is 3. The van der Waals surface area contributed by atoms with Crippen molar-refractivity contribution >= 4 is 23.4 Å². The Hall–Kier alpha value is -1.88. The zero-order valence-electron chi connectivity index (χ0n) is 15.5. The van der Waals surface area contributed by atoms with Crippen molar-refractivity contribution in [2.24, 2.45) is 11.3 Å². The van der Waals surface area contributed by atoms with Crippen LogP contribution in [-0.4, -0.2) is 29.7 Å². The number of carboxylic acids is 1. The molecule has 0 atom stereocenters. The van der Waals surface area contributed by atoms with Crippen LogP contribution in [0.4, 0.5) is 18.9 Å². The van der Waals surface area contributed by atoms with Gasteiger partial charge in [0.05, 0.1) is 11.6 Å². The van der Waals surface area contributed by atoms with Gasteiger partial charge in [0.15, 0.2) is 0 Å².